The molecule has 0 aliphatic carbocycles. The lowest BCUT2D eigenvalue weighted by molar-refractivity contribution is 0.590. The van der Waals surface area contributed by atoms with Crippen molar-refractivity contribution in [3.8, 4) is 122 Å². The van der Waals surface area contributed by atoms with E-state index in [4.69, 9.17) is 0 Å². The van der Waals surface area contributed by atoms with Gasteiger partial charge in [-0.15, -0.1) is 0 Å². The minimum Gasteiger partial charge on any atom is -0.311 e. The first-order chi connectivity index (χ1) is 58.7. The first-order valence-corrected chi connectivity index (χ1v) is 41.6. The van der Waals surface area contributed by atoms with E-state index in [9.17, 15) is 0 Å². The van der Waals surface area contributed by atoms with Crippen LogP contribution in [0.3, 0.4) is 0 Å². The Kier molecular flexibility index (Phi) is 17.3. The largest absolute Gasteiger partial charge is 0.311 e. The minimum absolute atomic E-state index is 0.199. The van der Waals surface area contributed by atoms with Crippen molar-refractivity contribution in [2.24, 2.45) is 0 Å². The van der Waals surface area contributed by atoms with Gasteiger partial charge < -0.3 is 9.80 Å². The lowest BCUT2D eigenvalue weighted by atomic mass is 9.33. The average Bonchev–Trinajstić information content (AvgIpc) is 0.772. The summed E-state index contributed by atoms with van der Waals surface area (Å²) in [6, 6.07) is 164. The molecule has 0 amide bonds. The number of benzene rings is 20. The third-order valence-electron chi connectivity index (χ3n) is 25.0. The molecule has 0 unspecified atom stereocenters. The first-order valence-electron chi connectivity index (χ1n) is 41.6. The smallest absolute Gasteiger partial charge is 0.252 e. The number of anilines is 6. The molecule has 2 heterocycles. The van der Waals surface area contributed by atoms with Crippen LogP contribution in [0.5, 0.6) is 0 Å². The minimum atomic E-state index is -0.289. The molecule has 0 spiro atoms. The number of nitrogens with zero attached hydrogens (tertiary/aromatic N) is 2. The van der Waals surface area contributed by atoms with Crippen LogP contribution in [-0.2, 0) is 5.41 Å². The molecule has 0 aromatic heterocycles. The van der Waals surface area contributed by atoms with Crippen molar-refractivity contribution in [3.63, 3.8) is 0 Å². The zero-order valence-electron chi connectivity index (χ0n) is 66.5. The Morgan fingerprint density at radius 3 is 0.966 bits per heavy atom. The summed E-state index contributed by atoms with van der Waals surface area (Å²) in [7, 11) is 0. The second-order valence-electron chi connectivity index (χ2n) is 32.9. The summed E-state index contributed by atoms with van der Waals surface area (Å²) in [4.78, 5) is 5.24. The van der Waals surface area contributed by atoms with Gasteiger partial charge in [-0.2, -0.15) is 0 Å². The highest BCUT2D eigenvalue weighted by Crippen LogP contribution is 2.53. The van der Waals surface area contributed by atoms with Gasteiger partial charge in [-0.05, 0) is 272 Å². The number of hydrogen-bond acceptors (Lipinski definition) is 2. The highest BCUT2D eigenvalue weighted by atomic mass is 15.2. The van der Waals surface area contributed by atoms with Gasteiger partial charge in [0.15, 0.2) is 0 Å². The Labute approximate surface area is 696 Å². The van der Waals surface area contributed by atoms with E-state index in [1.807, 2.05) is 0 Å². The van der Waals surface area contributed by atoms with Crippen LogP contribution in [0.25, 0.3) is 165 Å². The number of fused-ring (bicyclic) bond motifs is 9. The molecule has 20 aromatic carbocycles. The van der Waals surface area contributed by atoms with Crippen molar-refractivity contribution in [1.82, 2.24) is 0 Å². The third-order valence-corrected chi connectivity index (χ3v) is 25.0. The molecular weight excluding hydrogens is 1430 g/mol. The first kappa shape index (κ1) is 70.7. The monoisotopic (exact) mass is 1510 g/mol. The van der Waals surface area contributed by atoms with E-state index < -0.39 is 0 Å². The predicted molar refractivity (Wildman–Crippen MR) is 509 cm³/mol. The fraction of sp³-hybridized carbons (Fsp3) is 0.0345. The SMILES string of the molecule is CC(C)(C)c1cc2c3c(c1)N(c1ccc(-c4c(-c5ccccc5)cc(-c5ccccc5)cc4-c4ccccc4)cc1)c1cc(-c4c5ccccc5c(-c5cc6ccccc6c6ccccc56)c5ccccc45)ccc1B3c1cc(-c3ccccc3)ccc1N2c1ccc(-c2c(-c3ccccc3)cc(-c3ccccc3)cc2-c2ccccc2)cc1. The van der Waals surface area contributed by atoms with Gasteiger partial charge in [0.25, 0.3) is 6.71 Å². The van der Waals surface area contributed by atoms with Gasteiger partial charge >= 0.3 is 0 Å². The molecule has 0 N–H and O–H groups in total. The van der Waals surface area contributed by atoms with Gasteiger partial charge in [-0.3, -0.25) is 0 Å². The Morgan fingerprint density at radius 2 is 0.538 bits per heavy atom. The lowest BCUT2D eigenvalue weighted by Crippen LogP contribution is -2.61. The van der Waals surface area contributed by atoms with Crippen molar-refractivity contribution >= 4 is 100 Å². The molecule has 3 heteroatoms. The summed E-state index contributed by atoms with van der Waals surface area (Å²) >= 11 is 0. The lowest BCUT2D eigenvalue weighted by Gasteiger charge is -2.45. The molecule has 22 rings (SSSR count). The van der Waals surface area contributed by atoms with Crippen LogP contribution >= 0.6 is 0 Å². The summed E-state index contributed by atoms with van der Waals surface area (Å²) in [6.07, 6.45) is 0. The summed E-state index contributed by atoms with van der Waals surface area (Å²) in [6.45, 7) is 6.94. The summed E-state index contributed by atoms with van der Waals surface area (Å²) in [5.74, 6) is 0. The van der Waals surface area contributed by atoms with E-state index in [1.165, 1.54) is 160 Å². The number of rotatable bonds is 13. The normalized spacial score (nSPS) is 12.3. The Hall–Kier alpha value is -14.9. The van der Waals surface area contributed by atoms with Crippen LogP contribution in [0.2, 0.25) is 0 Å². The van der Waals surface area contributed by atoms with Crippen LogP contribution in [0.4, 0.5) is 34.1 Å². The van der Waals surface area contributed by atoms with Crippen LogP contribution in [0, 0.1) is 0 Å². The maximum Gasteiger partial charge on any atom is 0.252 e. The zero-order valence-corrected chi connectivity index (χ0v) is 66.5. The van der Waals surface area contributed by atoms with Crippen molar-refractivity contribution in [3.05, 3.63) is 442 Å². The summed E-state index contributed by atoms with van der Waals surface area (Å²) in [5.41, 5.74) is 37.4. The van der Waals surface area contributed by atoms with Crippen LogP contribution in [0.15, 0.2) is 437 Å². The molecule has 0 radical (unpaired) electrons. The number of hydrogen-bond donors (Lipinski definition) is 0. The second-order valence-corrected chi connectivity index (χ2v) is 32.9. The van der Waals surface area contributed by atoms with E-state index in [2.05, 4.69) is 467 Å². The van der Waals surface area contributed by atoms with Crippen molar-refractivity contribution < 1.29 is 0 Å². The highest BCUT2D eigenvalue weighted by Gasteiger charge is 2.45. The highest BCUT2D eigenvalue weighted by molar-refractivity contribution is 7.00. The maximum absolute atomic E-state index is 2.64. The van der Waals surface area contributed by atoms with E-state index in [0.29, 0.717) is 0 Å². The van der Waals surface area contributed by atoms with Crippen LogP contribution < -0.4 is 26.2 Å². The second kappa shape index (κ2) is 29.1. The van der Waals surface area contributed by atoms with E-state index in [-0.39, 0.29) is 12.1 Å². The molecule has 0 atom stereocenters. The zero-order chi connectivity index (χ0) is 79.2. The van der Waals surface area contributed by atoms with Gasteiger partial charge in [0.2, 0.25) is 0 Å². The molecule has 119 heavy (non-hydrogen) atoms. The van der Waals surface area contributed by atoms with E-state index in [1.54, 1.807) is 0 Å². The van der Waals surface area contributed by atoms with Crippen molar-refractivity contribution in [1.29, 1.82) is 0 Å². The fourth-order valence-electron chi connectivity index (χ4n) is 19.4. The van der Waals surface area contributed by atoms with Crippen molar-refractivity contribution in [2.45, 2.75) is 26.2 Å². The Bertz CT molecular complexity index is 7150. The molecular formula is C116H81BN2. The summed E-state index contributed by atoms with van der Waals surface area (Å²) < 4.78 is 0. The van der Waals surface area contributed by atoms with Crippen molar-refractivity contribution in [2.75, 3.05) is 9.80 Å². The summed E-state index contributed by atoms with van der Waals surface area (Å²) in [5, 5.41) is 9.84. The third kappa shape index (κ3) is 12.3. The molecule has 2 aliphatic rings. The molecule has 2 aliphatic heterocycles. The van der Waals surface area contributed by atoms with E-state index >= 15 is 0 Å². The van der Waals surface area contributed by atoms with Gasteiger partial charge in [-0.1, -0.05) is 379 Å². The molecule has 2 nitrogen and oxygen atoms in total. The van der Waals surface area contributed by atoms with Gasteiger partial charge in [0.05, 0.1) is 0 Å². The Morgan fingerprint density at radius 1 is 0.193 bits per heavy atom. The van der Waals surface area contributed by atoms with Gasteiger partial charge in [0.1, 0.15) is 0 Å². The van der Waals surface area contributed by atoms with Crippen LogP contribution in [-0.4, -0.2) is 6.71 Å². The fourth-order valence-corrected chi connectivity index (χ4v) is 19.4. The Balaban J connectivity index is 0.795. The van der Waals surface area contributed by atoms with Gasteiger partial charge in [0, 0.05) is 34.1 Å². The topological polar surface area (TPSA) is 6.48 Å². The quantitative estimate of drug-likeness (QED) is 0.0645. The molecule has 558 valence electrons. The average molecular weight is 1510 g/mol. The van der Waals surface area contributed by atoms with Gasteiger partial charge in [-0.25, -0.2) is 0 Å². The van der Waals surface area contributed by atoms with Crippen LogP contribution in [0.1, 0.15) is 26.3 Å². The predicted octanol–water partition coefficient (Wildman–Crippen LogP) is 30.0. The molecule has 0 bridgehead atoms. The molecule has 0 saturated heterocycles. The maximum atomic E-state index is 2.64. The standard InChI is InChI=1S/C116H81BN2/c1-116(2,3)90-74-109-115-110(75-90)119(92-63-57-84(58-64-92)112-102(81-43-21-9-22-44-81)70-89(78-37-15-6-16-38-78)71-103(112)82-45-23-10-24-46-82)108-73-87(113-96-51-29-31-53-98(96)114(99-54-32-30-52-97(99)113)104-67-86-47-25-26-48-93(86)94-49-27-28-50-95(94)104)59-65-105(108)117(115)106-72-85(76-33-11-4-12-34-76)60-66-107(106)118(109)91-61-55-83(56-62-91)111-100(79-39-17-7-18-40-79)68-88(77-35-13-5-14-36-77)69-101(111)80-41-19-8-20-42-80/h4-75H,1-3H3. The van der Waals surface area contributed by atoms with E-state index in [0.717, 1.165) is 61.9 Å². The molecule has 20 aromatic rings. The molecule has 0 saturated carbocycles. The molecule has 0 fully saturated rings.